The van der Waals surface area contributed by atoms with Crippen molar-refractivity contribution in [3.63, 3.8) is 0 Å². The topological polar surface area (TPSA) is 57.0 Å². The van der Waals surface area contributed by atoms with Crippen LogP contribution in [0.3, 0.4) is 0 Å². The highest BCUT2D eigenvalue weighted by molar-refractivity contribution is 5.89. The van der Waals surface area contributed by atoms with E-state index in [1.165, 1.54) is 7.11 Å². The van der Waals surface area contributed by atoms with Crippen LogP contribution in [0.25, 0.3) is 11.3 Å². The van der Waals surface area contributed by atoms with E-state index in [0.29, 0.717) is 12.1 Å². The van der Waals surface area contributed by atoms with Crippen molar-refractivity contribution in [3.05, 3.63) is 72.2 Å². The second kappa shape index (κ2) is 6.22. The number of hydrogen-bond donors (Lipinski definition) is 0. The van der Waals surface area contributed by atoms with Crippen LogP contribution in [-0.2, 0) is 11.3 Å². The summed E-state index contributed by atoms with van der Waals surface area (Å²) in [5.41, 5.74) is 3.48. The van der Waals surface area contributed by atoms with Crippen molar-refractivity contribution in [2.75, 3.05) is 7.11 Å². The molecule has 5 nitrogen and oxygen atoms in total. The van der Waals surface area contributed by atoms with Gasteiger partial charge in [-0.05, 0) is 35.9 Å². The number of rotatable bonds is 4. The molecule has 0 aliphatic rings. The van der Waals surface area contributed by atoms with Crippen LogP contribution in [0.15, 0.2) is 61.1 Å². The summed E-state index contributed by atoms with van der Waals surface area (Å²) >= 11 is 0. The van der Waals surface area contributed by atoms with Crippen LogP contribution in [0.5, 0.6) is 0 Å². The maximum atomic E-state index is 11.4. The Morgan fingerprint density at radius 1 is 1.18 bits per heavy atom. The van der Waals surface area contributed by atoms with Crippen LogP contribution in [0.4, 0.5) is 0 Å². The molecule has 0 unspecified atom stereocenters. The molecule has 2 aromatic heterocycles. The molecular weight excluding hydrogens is 278 g/mol. The van der Waals surface area contributed by atoms with Crippen molar-refractivity contribution in [1.82, 2.24) is 14.8 Å². The molecule has 0 aliphatic heterocycles. The lowest BCUT2D eigenvalue weighted by Crippen LogP contribution is -2.03. The van der Waals surface area contributed by atoms with Gasteiger partial charge in [0.1, 0.15) is 0 Å². The molecule has 0 fully saturated rings. The third-order valence-electron chi connectivity index (χ3n) is 3.32. The lowest BCUT2D eigenvalue weighted by Gasteiger charge is -2.04. The Balaban J connectivity index is 1.74. The van der Waals surface area contributed by atoms with E-state index in [9.17, 15) is 4.79 Å². The molecule has 0 aliphatic carbocycles. The van der Waals surface area contributed by atoms with Crippen LogP contribution in [0.2, 0.25) is 0 Å². The van der Waals surface area contributed by atoms with E-state index in [0.717, 1.165) is 16.8 Å². The summed E-state index contributed by atoms with van der Waals surface area (Å²) in [5, 5.41) is 4.53. The van der Waals surface area contributed by atoms with Crippen molar-refractivity contribution >= 4 is 5.97 Å². The maximum Gasteiger partial charge on any atom is 0.337 e. The predicted molar refractivity (Wildman–Crippen MR) is 82.3 cm³/mol. The number of hydrogen-bond acceptors (Lipinski definition) is 4. The Morgan fingerprint density at radius 2 is 2.00 bits per heavy atom. The molecule has 0 N–H and O–H groups in total. The predicted octanol–water partition coefficient (Wildman–Crippen LogP) is 2.78. The van der Waals surface area contributed by atoms with Crippen molar-refractivity contribution in [2.24, 2.45) is 0 Å². The van der Waals surface area contributed by atoms with Gasteiger partial charge in [-0.1, -0.05) is 12.1 Å². The number of pyridine rings is 1. The van der Waals surface area contributed by atoms with Crippen LogP contribution < -0.4 is 0 Å². The second-order valence-corrected chi connectivity index (χ2v) is 4.83. The molecule has 3 aromatic rings. The average Bonchev–Trinajstić information content (AvgIpc) is 3.04. The summed E-state index contributed by atoms with van der Waals surface area (Å²) in [7, 11) is 1.37. The number of benzene rings is 1. The zero-order chi connectivity index (χ0) is 15.4. The van der Waals surface area contributed by atoms with Gasteiger partial charge in [-0.2, -0.15) is 5.10 Å². The molecule has 22 heavy (non-hydrogen) atoms. The monoisotopic (exact) mass is 293 g/mol. The normalized spacial score (nSPS) is 10.4. The first kappa shape index (κ1) is 14.0. The Labute approximate surface area is 128 Å². The van der Waals surface area contributed by atoms with E-state index in [1.54, 1.807) is 24.5 Å². The summed E-state index contributed by atoms with van der Waals surface area (Å²) in [6.07, 6.45) is 5.46. The Hall–Kier alpha value is -2.95. The Morgan fingerprint density at radius 3 is 2.68 bits per heavy atom. The maximum absolute atomic E-state index is 11.4. The molecule has 3 rings (SSSR count). The lowest BCUT2D eigenvalue weighted by atomic mass is 10.1. The molecule has 0 amide bonds. The number of carbonyl (C=O) groups excluding carboxylic acids is 1. The van der Waals surface area contributed by atoms with Gasteiger partial charge in [-0.3, -0.25) is 9.67 Å². The molecule has 0 saturated carbocycles. The number of methoxy groups -OCH3 is 1. The standard InChI is InChI=1S/C17H15N3O2/c1-22-17(21)14-6-4-13(5-7-14)12-20-10-8-16(19-20)15-3-2-9-18-11-15/h2-11H,12H2,1H3. The van der Waals surface area contributed by atoms with Gasteiger partial charge < -0.3 is 4.74 Å². The first-order valence-electron chi connectivity index (χ1n) is 6.87. The van der Waals surface area contributed by atoms with E-state index in [4.69, 9.17) is 0 Å². The van der Waals surface area contributed by atoms with Crippen molar-refractivity contribution in [2.45, 2.75) is 6.54 Å². The Kier molecular flexibility index (Phi) is 3.96. The van der Waals surface area contributed by atoms with Gasteiger partial charge in [-0.15, -0.1) is 0 Å². The third-order valence-corrected chi connectivity index (χ3v) is 3.32. The zero-order valence-corrected chi connectivity index (χ0v) is 12.1. The first-order valence-corrected chi connectivity index (χ1v) is 6.87. The SMILES string of the molecule is COC(=O)c1ccc(Cn2ccc(-c3cccnc3)n2)cc1. The zero-order valence-electron chi connectivity index (χ0n) is 12.1. The molecule has 0 bridgehead atoms. The molecule has 2 heterocycles. The molecule has 1 aromatic carbocycles. The number of carbonyl (C=O) groups is 1. The van der Waals surface area contributed by atoms with E-state index >= 15 is 0 Å². The summed E-state index contributed by atoms with van der Waals surface area (Å²) in [6.45, 7) is 0.641. The minimum Gasteiger partial charge on any atom is -0.465 e. The highest BCUT2D eigenvalue weighted by Gasteiger charge is 2.06. The van der Waals surface area contributed by atoms with Gasteiger partial charge in [-0.25, -0.2) is 4.79 Å². The lowest BCUT2D eigenvalue weighted by molar-refractivity contribution is 0.0600. The van der Waals surface area contributed by atoms with Crippen LogP contribution in [0, 0.1) is 0 Å². The minimum atomic E-state index is -0.329. The van der Waals surface area contributed by atoms with Gasteiger partial charge in [0.05, 0.1) is 24.9 Å². The Bertz CT molecular complexity index is 764. The molecule has 0 radical (unpaired) electrons. The van der Waals surface area contributed by atoms with Gasteiger partial charge in [0.25, 0.3) is 0 Å². The van der Waals surface area contributed by atoms with E-state index < -0.39 is 0 Å². The molecule has 0 spiro atoms. The second-order valence-electron chi connectivity index (χ2n) is 4.83. The van der Waals surface area contributed by atoms with Gasteiger partial charge >= 0.3 is 5.97 Å². The summed E-state index contributed by atoms with van der Waals surface area (Å²) in [4.78, 5) is 15.5. The van der Waals surface area contributed by atoms with Crippen LogP contribution in [0.1, 0.15) is 15.9 Å². The number of aromatic nitrogens is 3. The summed E-state index contributed by atoms with van der Waals surface area (Å²) < 4.78 is 6.54. The van der Waals surface area contributed by atoms with Crippen molar-refractivity contribution in [3.8, 4) is 11.3 Å². The van der Waals surface area contributed by atoms with Gasteiger partial charge in [0.15, 0.2) is 0 Å². The molecule has 5 heteroatoms. The van der Waals surface area contributed by atoms with E-state index in [2.05, 4.69) is 14.8 Å². The van der Waals surface area contributed by atoms with Crippen molar-refractivity contribution in [1.29, 1.82) is 0 Å². The fourth-order valence-corrected chi connectivity index (χ4v) is 2.17. The minimum absolute atomic E-state index is 0.329. The quantitative estimate of drug-likeness (QED) is 0.694. The highest BCUT2D eigenvalue weighted by atomic mass is 16.5. The first-order chi connectivity index (χ1) is 10.8. The summed E-state index contributed by atoms with van der Waals surface area (Å²) in [5.74, 6) is -0.329. The fraction of sp³-hybridized carbons (Fsp3) is 0.118. The molecule has 110 valence electrons. The van der Waals surface area contributed by atoms with Crippen LogP contribution >= 0.6 is 0 Å². The van der Waals surface area contributed by atoms with E-state index in [-0.39, 0.29) is 5.97 Å². The highest BCUT2D eigenvalue weighted by Crippen LogP contribution is 2.15. The number of nitrogens with zero attached hydrogens (tertiary/aromatic N) is 3. The van der Waals surface area contributed by atoms with E-state index in [1.807, 2.05) is 41.2 Å². The van der Waals surface area contributed by atoms with Crippen molar-refractivity contribution < 1.29 is 9.53 Å². The largest absolute Gasteiger partial charge is 0.465 e. The number of esters is 1. The molecule has 0 saturated heterocycles. The number of ether oxygens (including phenoxy) is 1. The summed E-state index contributed by atoms with van der Waals surface area (Å²) in [6, 6.07) is 13.1. The van der Waals surface area contributed by atoms with Crippen LogP contribution in [-0.4, -0.2) is 27.8 Å². The molecular formula is C17H15N3O2. The fourth-order valence-electron chi connectivity index (χ4n) is 2.17. The molecule has 0 atom stereocenters. The average molecular weight is 293 g/mol. The van der Waals surface area contributed by atoms with Gasteiger partial charge in [0.2, 0.25) is 0 Å². The van der Waals surface area contributed by atoms with Gasteiger partial charge in [0, 0.05) is 24.2 Å². The third kappa shape index (κ3) is 3.03. The smallest absolute Gasteiger partial charge is 0.337 e.